The van der Waals surface area contributed by atoms with Crippen LogP contribution in [0.25, 0.3) is 0 Å². The number of nitrogens with zero attached hydrogens (tertiary/aromatic N) is 2. The molecule has 2 aromatic carbocycles. The van der Waals surface area contributed by atoms with E-state index in [0.717, 1.165) is 17.4 Å². The summed E-state index contributed by atoms with van der Waals surface area (Å²) in [4.78, 5) is 54.1. The van der Waals surface area contributed by atoms with Crippen LogP contribution in [0.4, 0.5) is 9.59 Å². The molecule has 1 heterocycles. The molecule has 0 radical (unpaired) electrons. The summed E-state index contributed by atoms with van der Waals surface area (Å²) in [5.41, 5.74) is 1.61. The summed E-state index contributed by atoms with van der Waals surface area (Å²) in [6, 6.07) is 17.9. The van der Waals surface area contributed by atoms with Gasteiger partial charge >= 0.3 is 12.2 Å². The summed E-state index contributed by atoms with van der Waals surface area (Å²) in [5.74, 6) is -0.521. The standard InChI is InChI=1S/C30H40N4O6Si/c1-30(2,3)41(4,5)34-25(19-35)24(26(34)36)17-12-18-31-27(32-28(37)39-20-22-13-8-6-9-14-22)33-29(38)40-21-23-15-10-7-11-16-23/h6-11,13-16,19,24-25H,12,17-18,20-21H2,1-5H3,(H2,31,32,33,37,38)/t24-,25+/m0/s1. The number of aliphatic imine (C=N–C) groups is 1. The van der Waals surface area contributed by atoms with Crippen molar-refractivity contribution < 1.29 is 28.7 Å². The number of hydrogen-bond donors (Lipinski definition) is 2. The van der Waals surface area contributed by atoms with Crippen molar-refractivity contribution in [1.29, 1.82) is 0 Å². The number of rotatable bonds is 10. The number of amides is 3. The maximum atomic E-state index is 13.0. The molecule has 0 saturated carbocycles. The zero-order valence-corrected chi connectivity index (χ0v) is 25.4. The molecular weight excluding hydrogens is 540 g/mol. The number of benzene rings is 2. The van der Waals surface area contributed by atoms with Gasteiger partial charge in [0.2, 0.25) is 11.9 Å². The van der Waals surface area contributed by atoms with Crippen molar-refractivity contribution in [2.75, 3.05) is 6.54 Å². The highest BCUT2D eigenvalue weighted by Crippen LogP contribution is 2.45. The number of β-lactam (4-membered cyclic amide) rings is 1. The van der Waals surface area contributed by atoms with Crippen molar-refractivity contribution >= 4 is 38.6 Å². The number of aldehydes is 1. The number of carbonyl (C=O) groups excluding carboxylic acids is 4. The Bertz CT molecular complexity index is 1170. The molecule has 220 valence electrons. The fourth-order valence-corrected chi connectivity index (χ4v) is 6.78. The number of nitrogens with one attached hydrogen (secondary N) is 2. The van der Waals surface area contributed by atoms with Gasteiger partial charge in [0.15, 0.2) is 8.24 Å². The molecule has 0 bridgehead atoms. The van der Waals surface area contributed by atoms with Crippen LogP contribution >= 0.6 is 0 Å². The molecule has 1 saturated heterocycles. The Morgan fingerprint density at radius 3 is 1.85 bits per heavy atom. The number of ether oxygens (including phenoxy) is 2. The van der Waals surface area contributed by atoms with E-state index >= 15 is 0 Å². The molecule has 2 N–H and O–H groups in total. The third-order valence-corrected chi connectivity index (χ3v) is 13.0. The van der Waals surface area contributed by atoms with Crippen molar-refractivity contribution in [1.82, 2.24) is 15.2 Å². The third kappa shape index (κ3) is 8.50. The first-order valence-electron chi connectivity index (χ1n) is 13.7. The Hall–Kier alpha value is -3.99. The molecule has 0 unspecified atom stereocenters. The lowest BCUT2D eigenvalue weighted by Crippen LogP contribution is -2.73. The van der Waals surface area contributed by atoms with Gasteiger partial charge in [-0.05, 0) is 29.0 Å². The lowest BCUT2D eigenvalue weighted by Gasteiger charge is -2.56. The SMILES string of the molecule is CC(C)(C)[Si](C)(C)N1C(=O)[C@@H](CCCN=C(NC(=O)OCc2ccccc2)NC(=O)OCc2ccccc2)[C@H]1C=O. The van der Waals surface area contributed by atoms with E-state index in [-0.39, 0.29) is 36.7 Å². The lowest BCUT2D eigenvalue weighted by atomic mass is 9.87. The predicted octanol–water partition coefficient (Wildman–Crippen LogP) is 5.01. The summed E-state index contributed by atoms with van der Waals surface area (Å²) in [6.45, 7) is 10.8. The Labute approximate surface area is 242 Å². The molecule has 1 aliphatic heterocycles. The van der Waals surface area contributed by atoms with Crippen molar-refractivity contribution in [3.05, 3.63) is 71.8 Å². The minimum atomic E-state index is -2.18. The normalized spacial score (nSPS) is 16.7. The monoisotopic (exact) mass is 580 g/mol. The number of carbonyl (C=O) groups is 4. The molecule has 0 aromatic heterocycles. The van der Waals surface area contributed by atoms with E-state index in [1.165, 1.54) is 0 Å². The smallest absolute Gasteiger partial charge is 0.414 e. The van der Waals surface area contributed by atoms with Crippen LogP contribution in [0, 0.1) is 5.92 Å². The van der Waals surface area contributed by atoms with Crippen LogP contribution in [0.15, 0.2) is 65.7 Å². The van der Waals surface area contributed by atoms with E-state index in [0.29, 0.717) is 12.8 Å². The van der Waals surface area contributed by atoms with Gasteiger partial charge in [-0.15, -0.1) is 0 Å². The highest BCUT2D eigenvalue weighted by atomic mass is 28.3. The first-order chi connectivity index (χ1) is 19.4. The predicted molar refractivity (Wildman–Crippen MR) is 158 cm³/mol. The molecule has 3 amide bonds. The van der Waals surface area contributed by atoms with Crippen LogP contribution in [0.3, 0.4) is 0 Å². The minimum Gasteiger partial charge on any atom is -0.444 e. The second kappa shape index (κ2) is 14.1. The molecule has 1 aliphatic rings. The Balaban J connectivity index is 1.58. The second-order valence-electron chi connectivity index (χ2n) is 11.5. The largest absolute Gasteiger partial charge is 0.444 e. The van der Waals surface area contributed by atoms with Crippen molar-refractivity contribution in [2.24, 2.45) is 10.9 Å². The molecule has 2 atom stereocenters. The van der Waals surface area contributed by atoms with Gasteiger partial charge in [-0.2, -0.15) is 0 Å². The Kier molecular flexibility index (Phi) is 10.8. The van der Waals surface area contributed by atoms with E-state index in [1.807, 2.05) is 65.2 Å². The fraction of sp³-hybridized carbons (Fsp3) is 0.433. The van der Waals surface area contributed by atoms with Crippen LogP contribution in [0.2, 0.25) is 18.1 Å². The van der Waals surface area contributed by atoms with Crippen molar-refractivity contribution in [3.63, 3.8) is 0 Å². The molecule has 0 aliphatic carbocycles. The summed E-state index contributed by atoms with van der Waals surface area (Å²) < 4.78 is 12.3. The molecule has 1 fully saturated rings. The van der Waals surface area contributed by atoms with E-state index in [2.05, 4.69) is 49.5 Å². The van der Waals surface area contributed by atoms with Crippen LogP contribution in [-0.4, -0.2) is 55.7 Å². The Morgan fingerprint density at radius 1 is 0.927 bits per heavy atom. The summed E-state index contributed by atoms with van der Waals surface area (Å²) >= 11 is 0. The Morgan fingerprint density at radius 2 is 1.41 bits per heavy atom. The zero-order valence-electron chi connectivity index (χ0n) is 24.4. The third-order valence-electron chi connectivity index (χ3n) is 7.65. The average molecular weight is 581 g/mol. The van der Waals surface area contributed by atoms with Gasteiger partial charge in [0, 0.05) is 6.54 Å². The van der Waals surface area contributed by atoms with Gasteiger partial charge in [0.25, 0.3) is 0 Å². The summed E-state index contributed by atoms with van der Waals surface area (Å²) in [7, 11) is -2.18. The molecule has 41 heavy (non-hydrogen) atoms. The number of guanidine groups is 1. The molecule has 3 rings (SSSR count). The summed E-state index contributed by atoms with van der Waals surface area (Å²) in [6.07, 6.45) is 0.209. The van der Waals surface area contributed by atoms with Crippen molar-refractivity contribution in [2.45, 2.75) is 71.0 Å². The van der Waals surface area contributed by atoms with Crippen LogP contribution in [0.5, 0.6) is 0 Å². The molecule has 0 spiro atoms. The van der Waals surface area contributed by atoms with E-state index < -0.39 is 32.4 Å². The maximum Gasteiger partial charge on any atom is 0.414 e. The van der Waals surface area contributed by atoms with Gasteiger partial charge in [-0.25, -0.2) is 9.59 Å². The van der Waals surface area contributed by atoms with Gasteiger partial charge in [0.05, 0.1) is 12.0 Å². The first-order valence-corrected chi connectivity index (χ1v) is 16.7. The maximum absolute atomic E-state index is 13.0. The van der Waals surface area contributed by atoms with E-state index in [1.54, 1.807) is 0 Å². The van der Waals surface area contributed by atoms with E-state index in [4.69, 9.17) is 9.47 Å². The zero-order chi connectivity index (χ0) is 30.0. The number of alkyl carbamates (subject to hydrolysis) is 2. The molecular formula is C30H40N4O6Si. The highest BCUT2D eigenvalue weighted by molar-refractivity contribution is 6.80. The lowest BCUT2D eigenvalue weighted by molar-refractivity contribution is -0.151. The van der Waals surface area contributed by atoms with Crippen molar-refractivity contribution in [3.8, 4) is 0 Å². The number of hydrogen-bond acceptors (Lipinski definition) is 7. The fourth-order valence-electron chi connectivity index (χ4n) is 4.35. The van der Waals surface area contributed by atoms with Gasteiger partial charge in [0.1, 0.15) is 19.5 Å². The van der Waals surface area contributed by atoms with Gasteiger partial charge < -0.3 is 18.8 Å². The van der Waals surface area contributed by atoms with E-state index in [9.17, 15) is 19.2 Å². The molecule has 2 aromatic rings. The quantitative estimate of drug-likeness (QED) is 0.102. The van der Waals surface area contributed by atoms with Gasteiger partial charge in [-0.3, -0.25) is 20.4 Å². The molecule has 10 nitrogen and oxygen atoms in total. The minimum absolute atomic E-state index is 0.00289. The second-order valence-corrected chi connectivity index (χ2v) is 16.6. The van der Waals surface area contributed by atoms with Gasteiger partial charge in [-0.1, -0.05) is 94.5 Å². The van der Waals surface area contributed by atoms with Crippen LogP contribution in [0.1, 0.15) is 44.7 Å². The van der Waals surface area contributed by atoms with Crippen LogP contribution < -0.4 is 10.6 Å². The highest BCUT2D eigenvalue weighted by Gasteiger charge is 2.56. The average Bonchev–Trinajstić information content (AvgIpc) is 2.93. The van der Waals surface area contributed by atoms with Crippen LogP contribution in [-0.2, 0) is 32.3 Å². The topological polar surface area (TPSA) is 126 Å². The summed E-state index contributed by atoms with van der Waals surface area (Å²) in [5, 5.41) is 4.84. The molecule has 11 heteroatoms. The first kappa shape index (κ1) is 31.5.